The van der Waals surface area contributed by atoms with E-state index in [1.54, 1.807) is 29.4 Å². The van der Waals surface area contributed by atoms with Crippen LogP contribution in [-0.2, 0) is 11.2 Å². The van der Waals surface area contributed by atoms with E-state index < -0.39 is 11.6 Å². The molecule has 2 aliphatic heterocycles. The molecule has 1 aromatic carbocycles. The second-order valence-corrected chi connectivity index (χ2v) is 10.6. The quantitative estimate of drug-likeness (QED) is 0.366. The van der Waals surface area contributed by atoms with Gasteiger partial charge in [-0.15, -0.1) is 0 Å². The van der Waals surface area contributed by atoms with Gasteiger partial charge in [0.2, 0.25) is 5.95 Å². The SMILES string of the molecule is CC1CN(c2nc3c(c(-c4ccc(F)cc4F)n2)CCN(c2ccncc2)C3=O)CC(c2cnn(C3CC3)c2)O1. The number of halogens is 2. The first-order valence-corrected chi connectivity index (χ1v) is 13.5. The topological polar surface area (TPSA) is 89.3 Å². The van der Waals surface area contributed by atoms with Crippen molar-refractivity contribution in [3.8, 4) is 11.3 Å². The number of hydrogen-bond acceptors (Lipinski definition) is 7. The van der Waals surface area contributed by atoms with Crippen LogP contribution in [0.4, 0.5) is 20.4 Å². The average Bonchev–Trinajstić information content (AvgIpc) is 3.69. The van der Waals surface area contributed by atoms with Gasteiger partial charge in [0.15, 0.2) is 0 Å². The maximum absolute atomic E-state index is 15.1. The molecular weight excluding hydrogens is 516 g/mol. The van der Waals surface area contributed by atoms with Crippen LogP contribution in [0.3, 0.4) is 0 Å². The summed E-state index contributed by atoms with van der Waals surface area (Å²) in [6.07, 6.45) is 9.37. The zero-order valence-electron chi connectivity index (χ0n) is 21.9. The number of hydrogen-bond donors (Lipinski definition) is 0. The minimum absolute atomic E-state index is 0.134. The Kier molecular flexibility index (Phi) is 6.03. The Hall–Kier alpha value is -4.25. The van der Waals surface area contributed by atoms with Crippen molar-refractivity contribution >= 4 is 17.5 Å². The molecule has 3 aromatic heterocycles. The van der Waals surface area contributed by atoms with E-state index >= 15 is 4.39 Å². The third kappa shape index (κ3) is 4.49. The summed E-state index contributed by atoms with van der Waals surface area (Å²) in [6, 6.07) is 7.39. The lowest BCUT2D eigenvalue weighted by atomic mass is 9.97. The van der Waals surface area contributed by atoms with Crippen LogP contribution in [0, 0.1) is 11.6 Å². The fourth-order valence-corrected chi connectivity index (χ4v) is 5.51. The number of fused-ring (bicyclic) bond motifs is 1. The maximum atomic E-state index is 15.1. The molecule has 1 saturated heterocycles. The molecule has 0 bridgehead atoms. The molecule has 2 unspecified atom stereocenters. The Balaban J connectivity index is 1.30. The van der Waals surface area contributed by atoms with Gasteiger partial charge in [-0.3, -0.25) is 14.5 Å². The Morgan fingerprint density at radius 2 is 1.82 bits per heavy atom. The molecule has 3 aliphatic rings. The molecule has 0 spiro atoms. The van der Waals surface area contributed by atoms with E-state index in [2.05, 4.69) is 10.1 Å². The van der Waals surface area contributed by atoms with Gasteiger partial charge in [-0.25, -0.2) is 18.7 Å². The predicted octanol–water partition coefficient (Wildman–Crippen LogP) is 4.52. The summed E-state index contributed by atoms with van der Waals surface area (Å²) in [5.41, 5.74) is 2.86. The molecule has 1 amide bonds. The smallest absolute Gasteiger partial charge is 0.277 e. The van der Waals surface area contributed by atoms with Gasteiger partial charge in [-0.05, 0) is 50.5 Å². The van der Waals surface area contributed by atoms with E-state index in [9.17, 15) is 9.18 Å². The number of carbonyl (C=O) groups excluding carboxylic acids is 1. The number of carbonyl (C=O) groups is 1. The van der Waals surface area contributed by atoms with Crippen molar-refractivity contribution in [1.29, 1.82) is 0 Å². The highest BCUT2D eigenvalue weighted by molar-refractivity contribution is 6.08. The molecule has 5 heterocycles. The summed E-state index contributed by atoms with van der Waals surface area (Å²) < 4.78 is 37.1. The normalized spacial score (nSPS) is 21.0. The molecule has 1 saturated carbocycles. The number of ether oxygens (including phenoxy) is 1. The van der Waals surface area contributed by atoms with E-state index in [-0.39, 0.29) is 29.4 Å². The van der Waals surface area contributed by atoms with Crippen LogP contribution in [0.2, 0.25) is 0 Å². The lowest BCUT2D eigenvalue weighted by Crippen LogP contribution is -2.45. The minimum atomic E-state index is -0.739. The molecular formula is C29H27F2N7O2. The molecule has 1 aliphatic carbocycles. The number of nitrogens with zero attached hydrogens (tertiary/aromatic N) is 7. The minimum Gasteiger partial charge on any atom is -0.367 e. The van der Waals surface area contributed by atoms with Crippen molar-refractivity contribution in [1.82, 2.24) is 24.7 Å². The number of morpholine rings is 1. The number of amides is 1. The van der Waals surface area contributed by atoms with Crippen LogP contribution >= 0.6 is 0 Å². The first kappa shape index (κ1) is 24.8. The van der Waals surface area contributed by atoms with Gasteiger partial charge < -0.3 is 14.5 Å². The molecule has 204 valence electrons. The number of anilines is 2. The monoisotopic (exact) mass is 543 g/mol. The summed E-state index contributed by atoms with van der Waals surface area (Å²) >= 11 is 0. The van der Waals surface area contributed by atoms with Crippen molar-refractivity contribution in [3.63, 3.8) is 0 Å². The number of aromatic nitrogens is 5. The Labute approximate surface area is 229 Å². The van der Waals surface area contributed by atoms with Gasteiger partial charge >= 0.3 is 0 Å². The Morgan fingerprint density at radius 3 is 2.60 bits per heavy atom. The highest BCUT2D eigenvalue weighted by Crippen LogP contribution is 2.37. The van der Waals surface area contributed by atoms with Crippen LogP contribution in [-0.4, -0.2) is 56.4 Å². The van der Waals surface area contributed by atoms with Crippen LogP contribution in [0.5, 0.6) is 0 Å². The standard InChI is InChI=1S/C29H27F2N7O2/c1-17-14-36(16-25(40-17)18-13-33-38(15-18)21-3-4-21)29-34-26(22-5-2-19(30)12-24(22)31)23-8-11-37(28(39)27(23)35-29)20-6-9-32-10-7-20/h2,5-7,9-10,12-13,15,17,21,25H,3-4,8,11,14,16H2,1H3. The third-order valence-corrected chi connectivity index (χ3v) is 7.65. The summed E-state index contributed by atoms with van der Waals surface area (Å²) in [4.78, 5) is 31.0. The molecule has 7 rings (SSSR count). The van der Waals surface area contributed by atoms with Crippen LogP contribution in [0.25, 0.3) is 11.3 Å². The molecule has 0 radical (unpaired) electrons. The molecule has 0 N–H and O–H groups in total. The van der Waals surface area contributed by atoms with E-state index in [1.807, 2.05) is 28.9 Å². The molecule has 4 aromatic rings. The predicted molar refractivity (Wildman–Crippen MR) is 143 cm³/mol. The van der Waals surface area contributed by atoms with Gasteiger partial charge in [0.05, 0.1) is 30.6 Å². The van der Waals surface area contributed by atoms with Gasteiger partial charge in [0, 0.05) is 60.1 Å². The van der Waals surface area contributed by atoms with Gasteiger partial charge in [-0.2, -0.15) is 5.10 Å². The van der Waals surface area contributed by atoms with Crippen molar-refractivity contribution < 1.29 is 18.3 Å². The summed E-state index contributed by atoms with van der Waals surface area (Å²) in [6.45, 7) is 3.27. The fourth-order valence-electron chi connectivity index (χ4n) is 5.51. The number of pyridine rings is 1. The summed E-state index contributed by atoms with van der Waals surface area (Å²) in [5.74, 6) is -1.42. The first-order chi connectivity index (χ1) is 19.4. The highest BCUT2D eigenvalue weighted by atomic mass is 19.1. The van der Waals surface area contributed by atoms with Crippen molar-refractivity contribution in [3.05, 3.63) is 83.6 Å². The molecule has 40 heavy (non-hydrogen) atoms. The Morgan fingerprint density at radius 1 is 1.02 bits per heavy atom. The fraction of sp³-hybridized carbons (Fsp3) is 0.345. The second-order valence-electron chi connectivity index (χ2n) is 10.6. The first-order valence-electron chi connectivity index (χ1n) is 13.5. The average molecular weight is 544 g/mol. The van der Waals surface area contributed by atoms with Crippen molar-refractivity contribution in [2.24, 2.45) is 0 Å². The summed E-state index contributed by atoms with van der Waals surface area (Å²) in [7, 11) is 0. The van der Waals surface area contributed by atoms with Crippen LogP contribution < -0.4 is 9.80 Å². The van der Waals surface area contributed by atoms with E-state index in [1.165, 1.54) is 12.1 Å². The third-order valence-electron chi connectivity index (χ3n) is 7.65. The van der Waals surface area contributed by atoms with E-state index in [0.717, 1.165) is 24.5 Å². The van der Waals surface area contributed by atoms with Crippen LogP contribution in [0.1, 0.15) is 53.5 Å². The zero-order valence-corrected chi connectivity index (χ0v) is 21.9. The van der Waals surface area contributed by atoms with Gasteiger partial charge in [0.1, 0.15) is 23.4 Å². The maximum Gasteiger partial charge on any atom is 0.277 e. The van der Waals surface area contributed by atoms with E-state index in [0.29, 0.717) is 55.0 Å². The van der Waals surface area contributed by atoms with Crippen molar-refractivity contribution in [2.75, 3.05) is 29.4 Å². The number of rotatable bonds is 5. The van der Waals surface area contributed by atoms with Crippen molar-refractivity contribution in [2.45, 2.75) is 44.4 Å². The molecule has 11 heteroatoms. The van der Waals surface area contributed by atoms with E-state index in [4.69, 9.17) is 14.7 Å². The zero-order chi connectivity index (χ0) is 27.4. The lowest BCUT2D eigenvalue weighted by molar-refractivity contribution is -0.0179. The Bertz CT molecular complexity index is 1590. The van der Waals surface area contributed by atoms with Gasteiger partial charge in [0.25, 0.3) is 5.91 Å². The molecule has 9 nitrogen and oxygen atoms in total. The van der Waals surface area contributed by atoms with Crippen LogP contribution in [0.15, 0.2) is 55.1 Å². The largest absolute Gasteiger partial charge is 0.367 e. The van der Waals surface area contributed by atoms with Gasteiger partial charge in [-0.1, -0.05) is 0 Å². The second kappa shape index (κ2) is 9.74. The highest BCUT2D eigenvalue weighted by Gasteiger charge is 2.35. The number of benzene rings is 1. The lowest BCUT2D eigenvalue weighted by Gasteiger charge is -2.37. The molecule has 2 fully saturated rings. The summed E-state index contributed by atoms with van der Waals surface area (Å²) in [5, 5.41) is 4.51. The molecule has 2 atom stereocenters.